The molecule has 0 fully saturated rings. The van der Waals surface area contributed by atoms with Gasteiger partial charge in [0.15, 0.2) is 12.4 Å². The Bertz CT molecular complexity index is 955. The molecular formula is C22H16ClFO3S. The third-order valence-electron chi connectivity index (χ3n) is 3.91. The topological polar surface area (TPSA) is 43.4 Å². The molecule has 0 aliphatic carbocycles. The van der Waals surface area contributed by atoms with E-state index in [0.29, 0.717) is 16.1 Å². The van der Waals surface area contributed by atoms with Crippen molar-refractivity contribution in [1.29, 1.82) is 0 Å². The number of thioether (sulfide) groups is 1. The highest BCUT2D eigenvalue weighted by Gasteiger charge is 2.12. The molecule has 3 rings (SSSR count). The third kappa shape index (κ3) is 5.68. The molecule has 28 heavy (non-hydrogen) atoms. The molecule has 0 radical (unpaired) electrons. The van der Waals surface area contributed by atoms with Gasteiger partial charge in [-0.2, -0.15) is 0 Å². The first-order chi connectivity index (χ1) is 13.5. The Morgan fingerprint density at radius 3 is 2.11 bits per heavy atom. The van der Waals surface area contributed by atoms with Crippen molar-refractivity contribution in [3.05, 3.63) is 100 Å². The average molecular weight is 415 g/mol. The predicted octanol–water partition coefficient (Wildman–Crippen LogP) is 5.81. The molecule has 0 heterocycles. The van der Waals surface area contributed by atoms with Gasteiger partial charge in [-0.15, -0.1) is 11.8 Å². The SMILES string of the molecule is O=C(COC(=O)c1ccc(CSc2ccc(Cl)cc2)cc1)c1ccc(F)cc1. The zero-order chi connectivity index (χ0) is 19.9. The highest BCUT2D eigenvalue weighted by atomic mass is 35.5. The Balaban J connectivity index is 1.51. The summed E-state index contributed by atoms with van der Waals surface area (Å²) in [7, 11) is 0. The summed E-state index contributed by atoms with van der Waals surface area (Å²) >= 11 is 7.54. The van der Waals surface area contributed by atoms with E-state index in [1.165, 1.54) is 24.3 Å². The molecular weight excluding hydrogens is 399 g/mol. The normalized spacial score (nSPS) is 10.5. The molecule has 0 aliphatic heterocycles. The van der Waals surface area contributed by atoms with Crippen LogP contribution in [-0.2, 0) is 10.5 Å². The van der Waals surface area contributed by atoms with Gasteiger partial charge in [-0.25, -0.2) is 9.18 Å². The Labute approximate surface area is 171 Å². The van der Waals surface area contributed by atoms with Crippen LogP contribution in [0.1, 0.15) is 26.3 Å². The van der Waals surface area contributed by atoms with Crippen molar-refractivity contribution in [1.82, 2.24) is 0 Å². The van der Waals surface area contributed by atoms with Crippen LogP contribution in [0.15, 0.2) is 77.7 Å². The van der Waals surface area contributed by atoms with Crippen LogP contribution in [0.5, 0.6) is 0 Å². The Kier molecular flexibility index (Phi) is 6.85. The summed E-state index contributed by atoms with van der Waals surface area (Å²) in [6, 6.07) is 19.7. The zero-order valence-corrected chi connectivity index (χ0v) is 16.3. The maximum Gasteiger partial charge on any atom is 0.338 e. The number of ether oxygens (including phenoxy) is 1. The van der Waals surface area contributed by atoms with Gasteiger partial charge in [-0.3, -0.25) is 4.79 Å². The molecule has 0 amide bonds. The molecule has 0 N–H and O–H groups in total. The fourth-order valence-electron chi connectivity index (χ4n) is 2.37. The minimum Gasteiger partial charge on any atom is -0.454 e. The molecule has 0 aliphatic rings. The molecule has 0 bridgehead atoms. The first-order valence-electron chi connectivity index (χ1n) is 8.44. The molecule has 3 aromatic rings. The molecule has 0 saturated carbocycles. The molecule has 0 aromatic heterocycles. The molecule has 0 atom stereocenters. The summed E-state index contributed by atoms with van der Waals surface area (Å²) < 4.78 is 17.9. The first-order valence-corrected chi connectivity index (χ1v) is 9.81. The highest BCUT2D eigenvalue weighted by Crippen LogP contribution is 2.24. The summed E-state index contributed by atoms with van der Waals surface area (Å²) in [6.45, 7) is -0.390. The lowest BCUT2D eigenvalue weighted by Crippen LogP contribution is -2.14. The Hall–Kier alpha value is -2.63. The monoisotopic (exact) mass is 414 g/mol. The van der Waals surface area contributed by atoms with Gasteiger partial charge >= 0.3 is 5.97 Å². The van der Waals surface area contributed by atoms with Crippen LogP contribution < -0.4 is 0 Å². The van der Waals surface area contributed by atoms with Gasteiger partial charge in [0.2, 0.25) is 0 Å². The predicted molar refractivity (Wildman–Crippen MR) is 108 cm³/mol. The van der Waals surface area contributed by atoms with E-state index in [1.807, 2.05) is 36.4 Å². The van der Waals surface area contributed by atoms with E-state index in [2.05, 4.69) is 0 Å². The number of esters is 1. The van der Waals surface area contributed by atoms with Crippen LogP contribution in [0.2, 0.25) is 5.02 Å². The van der Waals surface area contributed by atoms with Crippen LogP contribution in [0.3, 0.4) is 0 Å². The highest BCUT2D eigenvalue weighted by molar-refractivity contribution is 7.98. The fourth-order valence-corrected chi connectivity index (χ4v) is 3.35. The van der Waals surface area contributed by atoms with E-state index >= 15 is 0 Å². The number of carbonyl (C=O) groups is 2. The van der Waals surface area contributed by atoms with Crippen molar-refractivity contribution in [2.24, 2.45) is 0 Å². The van der Waals surface area contributed by atoms with E-state index in [0.717, 1.165) is 16.2 Å². The number of halogens is 2. The second kappa shape index (κ2) is 9.53. The molecule has 0 spiro atoms. The van der Waals surface area contributed by atoms with Crippen LogP contribution in [-0.4, -0.2) is 18.4 Å². The van der Waals surface area contributed by atoms with Gasteiger partial charge in [0.1, 0.15) is 5.82 Å². The molecule has 142 valence electrons. The number of hydrogen-bond donors (Lipinski definition) is 0. The Morgan fingerprint density at radius 2 is 1.46 bits per heavy atom. The molecule has 0 unspecified atom stereocenters. The molecule has 6 heteroatoms. The number of benzene rings is 3. The van der Waals surface area contributed by atoms with Gasteiger partial charge in [-0.1, -0.05) is 23.7 Å². The van der Waals surface area contributed by atoms with Crippen LogP contribution in [0.25, 0.3) is 0 Å². The lowest BCUT2D eigenvalue weighted by Gasteiger charge is -2.06. The van der Waals surface area contributed by atoms with Gasteiger partial charge in [0.25, 0.3) is 0 Å². The number of carbonyl (C=O) groups excluding carboxylic acids is 2. The maximum absolute atomic E-state index is 12.9. The lowest BCUT2D eigenvalue weighted by atomic mass is 10.1. The summed E-state index contributed by atoms with van der Waals surface area (Å²) in [5.41, 5.74) is 1.72. The van der Waals surface area contributed by atoms with Crippen LogP contribution >= 0.6 is 23.4 Å². The lowest BCUT2D eigenvalue weighted by molar-refractivity contribution is 0.0474. The van der Waals surface area contributed by atoms with Crippen molar-refractivity contribution in [3.63, 3.8) is 0 Å². The van der Waals surface area contributed by atoms with Gasteiger partial charge in [0, 0.05) is 21.2 Å². The maximum atomic E-state index is 12.9. The summed E-state index contributed by atoms with van der Waals surface area (Å²) in [5.74, 6) is -0.639. The van der Waals surface area contributed by atoms with Crippen LogP contribution in [0.4, 0.5) is 4.39 Å². The smallest absolute Gasteiger partial charge is 0.338 e. The quantitative estimate of drug-likeness (QED) is 0.278. The minimum absolute atomic E-state index is 0.295. The average Bonchev–Trinajstić information content (AvgIpc) is 2.72. The van der Waals surface area contributed by atoms with Crippen molar-refractivity contribution in [3.8, 4) is 0 Å². The number of rotatable bonds is 7. The molecule has 3 aromatic carbocycles. The second-order valence-electron chi connectivity index (χ2n) is 5.95. The number of ketones is 1. The number of Topliss-reactive ketones (excluding diaryl/α,β-unsaturated/α-hetero) is 1. The summed E-state index contributed by atoms with van der Waals surface area (Å²) in [5, 5.41) is 0.699. The van der Waals surface area contributed by atoms with Crippen molar-refractivity contribution in [2.75, 3.05) is 6.61 Å². The van der Waals surface area contributed by atoms with Gasteiger partial charge < -0.3 is 4.74 Å². The Morgan fingerprint density at radius 1 is 0.857 bits per heavy atom. The van der Waals surface area contributed by atoms with Gasteiger partial charge in [0.05, 0.1) is 5.56 Å². The summed E-state index contributed by atoms with van der Waals surface area (Å²) in [4.78, 5) is 25.2. The zero-order valence-electron chi connectivity index (χ0n) is 14.7. The largest absolute Gasteiger partial charge is 0.454 e. The summed E-state index contributed by atoms with van der Waals surface area (Å²) in [6.07, 6.45) is 0. The minimum atomic E-state index is -0.577. The van der Waals surface area contributed by atoms with Crippen molar-refractivity contribution in [2.45, 2.75) is 10.6 Å². The van der Waals surface area contributed by atoms with Crippen molar-refractivity contribution < 1.29 is 18.7 Å². The van der Waals surface area contributed by atoms with E-state index < -0.39 is 18.4 Å². The van der Waals surface area contributed by atoms with Gasteiger partial charge in [-0.05, 0) is 66.2 Å². The molecule has 3 nitrogen and oxygen atoms in total. The van der Waals surface area contributed by atoms with E-state index in [9.17, 15) is 14.0 Å². The first kappa shape index (κ1) is 20.1. The standard InChI is InChI=1S/C22H16ClFO3S/c23-18-7-11-20(12-8-18)28-14-15-1-3-17(4-2-15)22(26)27-13-21(25)16-5-9-19(24)10-6-16/h1-12H,13-14H2. The van der Waals surface area contributed by atoms with Crippen LogP contribution in [0, 0.1) is 5.82 Å². The van der Waals surface area contributed by atoms with E-state index in [4.69, 9.17) is 16.3 Å². The second-order valence-corrected chi connectivity index (χ2v) is 7.43. The molecule has 0 saturated heterocycles. The van der Waals surface area contributed by atoms with E-state index in [1.54, 1.807) is 23.9 Å². The fraction of sp³-hybridized carbons (Fsp3) is 0.0909. The third-order valence-corrected chi connectivity index (χ3v) is 5.24. The van der Waals surface area contributed by atoms with E-state index in [-0.39, 0.29) is 5.78 Å². The van der Waals surface area contributed by atoms with Crippen molar-refractivity contribution >= 4 is 35.1 Å². The number of hydrogen-bond acceptors (Lipinski definition) is 4.